The maximum atomic E-state index is 12.6. The number of halogens is 1. The molecule has 2 heteroatoms. The summed E-state index contributed by atoms with van der Waals surface area (Å²) in [5.41, 5.74) is 1.16. The van der Waals surface area contributed by atoms with Gasteiger partial charge in [0, 0.05) is 6.04 Å². The van der Waals surface area contributed by atoms with Gasteiger partial charge in [0.05, 0.1) is 0 Å². The smallest absolute Gasteiger partial charge is 0.123 e. The molecule has 0 heterocycles. The molecule has 1 aromatic rings. The van der Waals surface area contributed by atoms with E-state index in [1.807, 2.05) is 18.2 Å². The van der Waals surface area contributed by atoms with Crippen LogP contribution < -0.4 is 5.32 Å². The van der Waals surface area contributed by atoms with E-state index >= 15 is 0 Å². The fraction of sp³-hybridized carbons (Fsp3) is 0.385. The second-order valence-corrected chi connectivity index (χ2v) is 3.76. The second kappa shape index (κ2) is 6.36. The highest BCUT2D eigenvalue weighted by atomic mass is 19.1. The minimum atomic E-state index is -0.175. The van der Waals surface area contributed by atoms with Gasteiger partial charge >= 0.3 is 0 Å². The van der Waals surface area contributed by atoms with Gasteiger partial charge in [0.2, 0.25) is 0 Å². The first-order valence-corrected chi connectivity index (χ1v) is 5.31. The van der Waals surface area contributed by atoms with Crippen LogP contribution in [0, 0.1) is 5.82 Å². The van der Waals surface area contributed by atoms with Crippen LogP contribution in [0.2, 0.25) is 0 Å². The Labute approximate surface area is 91.0 Å². The molecule has 82 valence electrons. The lowest BCUT2D eigenvalue weighted by atomic mass is 10.1. The van der Waals surface area contributed by atoms with E-state index in [0.29, 0.717) is 6.04 Å². The Balaban J connectivity index is 2.34. The SMILES string of the molecule is C=CCCNC(C)Cc1ccc(F)cc1. The molecular weight excluding hydrogens is 189 g/mol. The summed E-state index contributed by atoms with van der Waals surface area (Å²) in [4.78, 5) is 0. The molecule has 0 saturated carbocycles. The van der Waals surface area contributed by atoms with Crippen LogP contribution >= 0.6 is 0 Å². The maximum absolute atomic E-state index is 12.6. The first-order chi connectivity index (χ1) is 7.22. The fourth-order valence-corrected chi connectivity index (χ4v) is 1.48. The molecular formula is C13H18FN. The largest absolute Gasteiger partial charge is 0.314 e. The van der Waals surface area contributed by atoms with Gasteiger partial charge in [-0.15, -0.1) is 6.58 Å². The van der Waals surface area contributed by atoms with Crippen LogP contribution in [0.15, 0.2) is 36.9 Å². The van der Waals surface area contributed by atoms with Gasteiger partial charge in [-0.25, -0.2) is 4.39 Å². The number of rotatable bonds is 6. The summed E-state index contributed by atoms with van der Waals surface area (Å²) in [6.45, 7) is 6.75. The van der Waals surface area contributed by atoms with Gasteiger partial charge in [-0.3, -0.25) is 0 Å². The Kier molecular flexibility index (Phi) is 5.05. The summed E-state index contributed by atoms with van der Waals surface area (Å²) < 4.78 is 12.6. The van der Waals surface area contributed by atoms with Crippen molar-refractivity contribution < 1.29 is 4.39 Å². The van der Waals surface area contributed by atoms with Crippen LogP contribution in [0.3, 0.4) is 0 Å². The van der Waals surface area contributed by atoms with E-state index < -0.39 is 0 Å². The van der Waals surface area contributed by atoms with E-state index in [4.69, 9.17) is 0 Å². The van der Waals surface area contributed by atoms with Crippen LogP contribution in [0.5, 0.6) is 0 Å². The highest BCUT2D eigenvalue weighted by Crippen LogP contribution is 2.05. The van der Waals surface area contributed by atoms with Gasteiger partial charge in [0.15, 0.2) is 0 Å². The van der Waals surface area contributed by atoms with Crippen molar-refractivity contribution in [2.75, 3.05) is 6.54 Å². The summed E-state index contributed by atoms with van der Waals surface area (Å²) in [6, 6.07) is 7.09. The zero-order valence-electron chi connectivity index (χ0n) is 9.17. The predicted molar refractivity (Wildman–Crippen MR) is 62.4 cm³/mol. The molecule has 1 nitrogen and oxygen atoms in total. The van der Waals surface area contributed by atoms with E-state index in [0.717, 1.165) is 24.9 Å². The van der Waals surface area contributed by atoms with Crippen molar-refractivity contribution in [1.82, 2.24) is 5.32 Å². The Hall–Kier alpha value is -1.15. The van der Waals surface area contributed by atoms with Crippen molar-refractivity contribution in [3.8, 4) is 0 Å². The number of benzene rings is 1. The molecule has 0 aromatic heterocycles. The standard InChI is InChI=1S/C13H18FN/c1-3-4-9-15-11(2)10-12-5-7-13(14)8-6-12/h3,5-8,11,15H,1,4,9-10H2,2H3. The lowest BCUT2D eigenvalue weighted by Gasteiger charge is -2.12. The summed E-state index contributed by atoms with van der Waals surface area (Å²) in [6.07, 6.45) is 3.81. The van der Waals surface area contributed by atoms with Crippen LogP contribution in [-0.4, -0.2) is 12.6 Å². The quantitative estimate of drug-likeness (QED) is 0.558. The van der Waals surface area contributed by atoms with Crippen LogP contribution in [0.1, 0.15) is 18.9 Å². The minimum Gasteiger partial charge on any atom is -0.314 e. The average molecular weight is 207 g/mol. The Morgan fingerprint density at radius 3 is 2.67 bits per heavy atom. The topological polar surface area (TPSA) is 12.0 Å². The first-order valence-electron chi connectivity index (χ1n) is 5.31. The van der Waals surface area contributed by atoms with Crippen molar-refractivity contribution in [2.45, 2.75) is 25.8 Å². The molecule has 1 rings (SSSR count). The van der Waals surface area contributed by atoms with E-state index in [9.17, 15) is 4.39 Å². The second-order valence-electron chi connectivity index (χ2n) is 3.76. The zero-order valence-corrected chi connectivity index (χ0v) is 9.17. The van der Waals surface area contributed by atoms with Crippen molar-refractivity contribution >= 4 is 0 Å². The predicted octanol–water partition coefficient (Wildman–Crippen LogP) is 2.92. The van der Waals surface area contributed by atoms with Crippen LogP contribution in [0.25, 0.3) is 0 Å². The molecule has 1 unspecified atom stereocenters. The normalized spacial score (nSPS) is 12.4. The molecule has 0 radical (unpaired) electrons. The highest BCUT2D eigenvalue weighted by Gasteiger charge is 2.01. The minimum absolute atomic E-state index is 0.175. The summed E-state index contributed by atoms with van der Waals surface area (Å²) in [5, 5.41) is 3.38. The number of nitrogens with one attached hydrogen (secondary N) is 1. The lowest BCUT2D eigenvalue weighted by Crippen LogP contribution is -2.28. The van der Waals surface area contributed by atoms with Gasteiger partial charge in [0.25, 0.3) is 0 Å². The Morgan fingerprint density at radius 2 is 2.07 bits per heavy atom. The number of hydrogen-bond donors (Lipinski definition) is 1. The van der Waals surface area contributed by atoms with E-state index in [-0.39, 0.29) is 5.82 Å². The molecule has 0 amide bonds. The summed E-state index contributed by atoms with van der Waals surface area (Å²) >= 11 is 0. The van der Waals surface area contributed by atoms with Crippen molar-refractivity contribution in [3.63, 3.8) is 0 Å². The van der Waals surface area contributed by atoms with Crippen molar-refractivity contribution in [2.24, 2.45) is 0 Å². The molecule has 1 aromatic carbocycles. The van der Waals surface area contributed by atoms with Crippen molar-refractivity contribution in [3.05, 3.63) is 48.3 Å². The molecule has 1 atom stereocenters. The van der Waals surface area contributed by atoms with Crippen LogP contribution in [0.4, 0.5) is 4.39 Å². The average Bonchev–Trinajstić information content (AvgIpc) is 2.22. The third-order valence-corrected chi connectivity index (χ3v) is 2.30. The van der Waals surface area contributed by atoms with Gasteiger partial charge < -0.3 is 5.32 Å². The maximum Gasteiger partial charge on any atom is 0.123 e. The molecule has 0 aliphatic carbocycles. The lowest BCUT2D eigenvalue weighted by molar-refractivity contribution is 0.551. The molecule has 1 N–H and O–H groups in total. The Morgan fingerprint density at radius 1 is 1.40 bits per heavy atom. The van der Waals surface area contributed by atoms with Gasteiger partial charge in [-0.1, -0.05) is 18.2 Å². The molecule has 0 saturated heterocycles. The van der Waals surface area contributed by atoms with Gasteiger partial charge in [0.1, 0.15) is 5.82 Å². The summed E-state index contributed by atoms with van der Waals surface area (Å²) in [5.74, 6) is -0.175. The molecule has 15 heavy (non-hydrogen) atoms. The van der Waals surface area contributed by atoms with E-state index in [1.54, 1.807) is 0 Å². The fourth-order valence-electron chi connectivity index (χ4n) is 1.48. The third-order valence-electron chi connectivity index (χ3n) is 2.30. The Bertz CT molecular complexity index is 292. The number of hydrogen-bond acceptors (Lipinski definition) is 1. The molecule has 0 aliphatic heterocycles. The highest BCUT2D eigenvalue weighted by molar-refractivity contribution is 5.16. The first kappa shape index (κ1) is 11.9. The molecule has 0 spiro atoms. The third kappa shape index (κ3) is 4.75. The van der Waals surface area contributed by atoms with E-state index in [2.05, 4.69) is 18.8 Å². The molecule has 0 fully saturated rings. The van der Waals surface area contributed by atoms with Crippen molar-refractivity contribution in [1.29, 1.82) is 0 Å². The molecule has 0 bridgehead atoms. The molecule has 0 aliphatic rings. The van der Waals surface area contributed by atoms with Gasteiger partial charge in [-0.2, -0.15) is 0 Å². The van der Waals surface area contributed by atoms with Gasteiger partial charge in [-0.05, 0) is 44.0 Å². The monoisotopic (exact) mass is 207 g/mol. The zero-order chi connectivity index (χ0) is 11.1. The van der Waals surface area contributed by atoms with E-state index in [1.165, 1.54) is 12.1 Å². The van der Waals surface area contributed by atoms with Crippen LogP contribution in [-0.2, 0) is 6.42 Å². The summed E-state index contributed by atoms with van der Waals surface area (Å²) in [7, 11) is 0.